The van der Waals surface area contributed by atoms with Gasteiger partial charge >= 0.3 is 0 Å². The number of rotatable bonds is 3. The van der Waals surface area contributed by atoms with E-state index in [0.717, 1.165) is 4.47 Å². The van der Waals surface area contributed by atoms with Crippen molar-refractivity contribution >= 4 is 21.6 Å². The monoisotopic (exact) mass is 245 g/mol. The van der Waals surface area contributed by atoms with Crippen LogP contribution >= 0.6 is 15.9 Å². The van der Waals surface area contributed by atoms with E-state index in [1.165, 1.54) is 0 Å². The number of para-hydroxylation sites is 1. The van der Waals surface area contributed by atoms with Crippen LogP contribution in [-0.2, 0) is 0 Å². The van der Waals surface area contributed by atoms with Crippen molar-refractivity contribution in [2.24, 2.45) is 0 Å². The maximum atomic E-state index is 9.56. The molecule has 72 valence electrons. The highest BCUT2D eigenvalue weighted by Crippen LogP contribution is 2.28. The summed E-state index contributed by atoms with van der Waals surface area (Å²) in [5.41, 5.74) is 6.91. The number of aliphatic hydroxyl groups is 2. The van der Waals surface area contributed by atoms with Crippen LogP contribution in [0.25, 0.3) is 0 Å². The van der Waals surface area contributed by atoms with Gasteiger partial charge in [-0.05, 0) is 22.0 Å². The number of benzene rings is 1. The van der Waals surface area contributed by atoms with E-state index in [4.69, 9.17) is 10.8 Å². The largest absolute Gasteiger partial charge is 0.398 e. The van der Waals surface area contributed by atoms with Gasteiger partial charge in [0.15, 0.2) is 0 Å². The van der Waals surface area contributed by atoms with Crippen LogP contribution in [-0.4, -0.2) is 16.8 Å². The lowest BCUT2D eigenvalue weighted by molar-refractivity contribution is 0.135. The van der Waals surface area contributed by atoms with Gasteiger partial charge in [0.2, 0.25) is 0 Å². The minimum atomic E-state index is -0.692. The Bertz CT molecular complexity index is 291. The van der Waals surface area contributed by atoms with Crippen LogP contribution in [0.4, 0.5) is 5.69 Å². The second kappa shape index (κ2) is 4.60. The van der Waals surface area contributed by atoms with Crippen molar-refractivity contribution in [1.29, 1.82) is 0 Å². The van der Waals surface area contributed by atoms with Gasteiger partial charge in [0.25, 0.3) is 0 Å². The fourth-order valence-electron chi connectivity index (χ4n) is 1.12. The summed E-state index contributed by atoms with van der Waals surface area (Å²) in [6.45, 7) is -0.0485. The van der Waals surface area contributed by atoms with Crippen molar-refractivity contribution in [3.63, 3.8) is 0 Å². The highest BCUT2D eigenvalue weighted by Gasteiger charge is 2.11. The molecular formula is C9H12BrNO2. The van der Waals surface area contributed by atoms with Crippen molar-refractivity contribution in [3.8, 4) is 0 Å². The summed E-state index contributed by atoms with van der Waals surface area (Å²) < 4.78 is 0.766. The Morgan fingerprint density at radius 2 is 2.15 bits per heavy atom. The third-order valence-electron chi connectivity index (χ3n) is 1.85. The quantitative estimate of drug-likeness (QED) is 0.707. The lowest BCUT2D eigenvalue weighted by Crippen LogP contribution is -2.04. The number of hydrogen-bond donors (Lipinski definition) is 3. The van der Waals surface area contributed by atoms with E-state index in [-0.39, 0.29) is 6.61 Å². The van der Waals surface area contributed by atoms with E-state index < -0.39 is 6.10 Å². The van der Waals surface area contributed by atoms with Gasteiger partial charge < -0.3 is 15.9 Å². The molecule has 4 N–H and O–H groups in total. The Morgan fingerprint density at radius 1 is 1.46 bits per heavy atom. The molecule has 0 heterocycles. The zero-order valence-electron chi connectivity index (χ0n) is 7.07. The van der Waals surface area contributed by atoms with Crippen LogP contribution in [0.5, 0.6) is 0 Å². The molecule has 0 bridgehead atoms. The van der Waals surface area contributed by atoms with Crippen LogP contribution < -0.4 is 5.73 Å². The average Bonchev–Trinajstić information content (AvgIpc) is 2.10. The molecule has 1 aromatic rings. The summed E-state index contributed by atoms with van der Waals surface area (Å²) in [7, 11) is 0. The van der Waals surface area contributed by atoms with Gasteiger partial charge in [-0.2, -0.15) is 0 Å². The highest BCUT2D eigenvalue weighted by molar-refractivity contribution is 9.10. The number of nitrogen functional groups attached to an aromatic ring is 1. The molecule has 0 radical (unpaired) electrons. The summed E-state index contributed by atoms with van der Waals surface area (Å²) >= 11 is 3.27. The van der Waals surface area contributed by atoms with Gasteiger partial charge in [-0.15, -0.1) is 0 Å². The molecule has 0 amide bonds. The molecule has 13 heavy (non-hydrogen) atoms. The summed E-state index contributed by atoms with van der Waals surface area (Å²) in [5.74, 6) is 0. The van der Waals surface area contributed by atoms with Gasteiger partial charge in [-0.25, -0.2) is 0 Å². The average molecular weight is 246 g/mol. The predicted octanol–water partition coefficient (Wildman–Crippen LogP) is 1.45. The van der Waals surface area contributed by atoms with Crippen molar-refractivity contribution in [1.82, 2.24) is 0 Å². The molecular weight excluding hydrogens is 234 g/mol. The standard InChI is InChI=1S/C9H12BrNO2/c10-7-3-1-2-6(9(7)11)8(13)4-5-12/h1-3,8,12-13H,4-5,11H2. The third-order valence-corrected chi connectivity index (χ3v) is 2.54. The lowest BCUT2D eigenvalue weighted by atomic mass is 10.1. The first-order valence-electron chi connectivity index (χ1n) is 3.99. The summed E-state index contributed by atoms with van der Waals surface area (Å²) in [6.07, 6.45) is -0.386. The van der Waals surface area contributed by atoms with Gasteiger partial charge in [-0.3, -0.25) is 0 Å². The summed E-state index contributed by atoms with van der Waals surface area (Å²) in [5, 5.41) is 18.2. The molecule has 0 saturated heterocycles. The number of hydrogen-bond acceptors (Lipinski definition) is 3. The fraction of sp³-hybridized carbons (Fsp3) is 0.333. The normalized spacial score (nSPS) is 12.8. The van der Waals surface area contributed by atoms with Crippen LogP contribution in [0.1, 0.15) is 18.1 Å². The minimum absolute atomic E-state index is 0.0485. The first-order valence-corrected chi connectivity index (χ1v) is 4.79. The first kappa shape index (κ1) is 10.5. The maximum absolute atomic E-state index is 9.56. The van der Waals surface area contributed by atoms with Crippen molar-refractivity contribution in [2.45, 2.75) is 12.5 Å². The second-order valence-corrected chi connectivity index (χ2v) is 3.63. The maximum Gasteiger partial charge on any atom is 0.0832 e. The first-order chi connectivity index (χ1) is 6.16. The highest BCUT2D eigenvalue weighted by atomic mass is 79.9. The number of halogens is 1. The Morgan fingerprint density at radius 3 is 2.77 bits per heavy atom. The van der Waals surface area contributed by atoms with E-state index in [2.05, 4.69) is 15.9 Å². The van der Waals surface area contributed by atoms with Gasteiger partial charge in [0.05, 0.1) is 11.8 Å². The molecule has 1 rings (SSSR count). The third kappa shape index (κ3) is 2.43. The molecule has 1 unspecified atom stereocenters. The number of anilines is 1. The SMILES string of the molecule is Nc1c(Br)cccc1C(O)CCO. The second-order valence-electron chi connectivity index (χ2n) is 2.77. The van der Waals surface area contributed by atoms with Gasteiger partial charge in [0.1, 0.15) is 0 Å². The lowest BCUT2D eigenvalue weighted by Gasteiger charge is -2.12. The molecule has 0 spiro atoms. The predicted molar refractivity (Wildman–Crippen MR) is 55.2 cm³/mol. The number of nitrogens with two attached hydrogens (primary N) is 1. The van der Waals surface area contributed by atoms with E-state index in [0.29, 0.717) is 17.7 Å². The molecule has 3 nitrogen and oxygen atoms in total. The molecule has 0 aliphatic heterocycles. The molecule has 0 aromatic heterocycles. The van der Waals surface area contributed by atoms with Crippen LogP contribution in [0, 0.1) is 0 Å². The Kier molecular flexibility index (Phi) is 3.71. The molecule has 0 fully saturated rings. The number of aliphatic hydroxyl groups excluding tert-OH is 2. The van der Waals surface area contributed by atoms with Gasteiger partial charge in [0, 0.05) is 23.1 Å². The minimum Gasteiger partial charge on any atom is -0.398 e. The topological polar surface area (TPSA) is 66.5 Å². The molecule has 0 saturated carbocycles. The molecule has 1 aromatic carbocycles. The van der Waals surface area contributed by atoms with Crippen molar-refractivity contribution in [2.75, 3.05) is 12.3 Å². The Labute approximate surface area is 85.3 Å². The van der Waals surface area contributed by atoms with E-state index in [1.54, 1.807) is 12.1 Å². The van der Waals surface area contributed by atoms with E-state index in [9.17, 15) is 5.11 Å². The zero-order chi connectivity index (χ0) is 9.84. The molecule has 0 aliphatic rings. The smallest absolute Gasteiger partial charge is 0.0832 e. The Hall–Kier alpha value is -0.580. The van der Waals surface area contributed by atoms with Crippen LogP contribution in [0.2, 0.25) is 0 Å². The fourth-order valence-corrected chi connectivity index (χ4v) is 1.50. The van der Waals surface area contributed by atoms with Crippen LogP contribution in [0.3, 0.4) is 0 Å². The van der Waals surface area contributed by atoms with Crippen LogP contribution in [0.15, 0.2) is 22.7 Å². The Balaban J connectivity index is 2.93. The van der Waals surface area contributed by atoms with E-state index >= 15 is 0 Å². The molecule has 0 aliphatic carbocycles. The van der Waals surface area contributed by atoms with Gasteiger partial charge in [-0.1, -0.05) is 12.1 Å². The van der Waals surface area contributed by atoms with Crippen molar-refractivity contribution < 1.29 is 10.2 Å². The molecule has 4 heteroatoms. The van der Waals surface area contributed by atoms with E-state index in [1.807, 2.05) is 6.07 Å². The molecule has 1 atom stereocenters. The summed E-state index contributed by atoms with van der Waals surface area (Å²) in [6, 6.07) is 5.36. The van der Waals surface area contributed by atoms with Crippen molar-refractivity contribution in [3.05, 3.63) is 28.2 Å². The summed E-state index contributed by atoms with van der Waals surface area (Å²) in [4.78, 5) is 0. The zero-order valence-corrected chi connectivity index (χ0v) is 8.66.